The monoisotopic (exact) mass is 403 g/mol. The lowest BCUT2D eigenvalue weighted by Crippen LogP contribution is -2.38. The molecular formula is C19H20F3N7. The summed E-state index contributed by atoms with van der Waals surface area (Å²) in [6, 6.07) is 1.87. The minimum absolute atomic E-state index is 0.133. The van der Waals surface area contributed by atoms with Gasteiger partial charge in [-0.2, -0.15) is 13.2 Å². The predicted molar refractivity (Wildman–Crippen MR) is 103 cm³/mol. The van der Waals surface area contributed by atoms with Crippen LogP contribution >= 0.6 is 0 Å². The Hall–Kier alpha value is -3.17. The van der Waals surface area contributed by atoms with Crippen molar-refractivity contribution in [2.24, 2.45) is 5.41 Å². The van der Waals surface area contributed by atoms with E-state index in [1.807, 2.05) is 23.6 Å². The molecule has 29 heavy (non-hydrogen) atoms. The molecular weight excluding hydrogens is 383 g/mol. The second-order valence-electron chi connectivity index (χ2n) is 7.49. The van der Waals surface area contributed by atoms with E-state index in [2.05, 4.69) is 25.4 Å². The van der Waals surface area contributed by atoms with Crippen LogP contribution in [0.4, 0.5) is 19.1 Å². The molecule has 0 aromatic carbocycles. The highest BCUT2D eigenvalue weighted by Gasteiger charge is 2.47. The van der Waals surface area contributed by atoms with E-state index < -0.39 is 11.6 Å². The van der Waals surface area contributed by atoms with Gasteiger partial charge >= 0.3 is 6.18 Å². The van der Waals surface area contributed by atoms with Gasteiger partial charge in [-0.15, -0.1) is 5.10 Å². The number of aromatic nitrogens is 6. The Bertz CT molecular complexity index is 1170. The lowest BCUT2D eigenvalue weighted by atomic mass is 9.93. The van der Waals surface area contributed by atoms with E-state index in [9.17, 15) is 13.2 Å². The van der Waals surface area contributed by atoms with Gasteiger partial charge in [0.05, 0.1) is 23.3 Å². The van der Waals surface area contributed by atoms with Crippen molar-refractivity contribution in [2.45, 2.75) is 33.4 Å². The summed E-state index contributed by atoms with van der Waals surface area (Å²) in [5.74, 6) is 0.762. The fourth-order valence-corrected chi connectivity index (χ4v) is 2.95. The highest BCUT2D eigenvalue weighted by atomic mass is 19.4. The maximum Gasteiger partial charge on any atom is 0.395 e. The molecule has 0 aliphatic heterocycles. The molecule has 152 valence electrons. The molecule has 7 nitrogen and oxygen atoms in total. The number of rotatable bonds is 5. The van der Waals surface area contributed by atoms with Gasteiger partial charge in [0.25, 0.3) is 0 Å². The molecule has 0 bridgehead atoms. The van der Waals surface area contributed by atoms with E-state index in [4.69, 9.17) is 0 Å². The molecule has 4 aromatic heterocycles. The van der Waals surface area contributed by atoms with Crippen LogP contribution in [0.5, 0.6) is 0 Å². The van der Waals surface area contributed by atoms with Crippen LogP contribution < -0.4 is 5.32 Å². The molecule has 0 radical (unpaired) electrons. The van der Waals surface area contributed by atoms with Gasteiger partial charge in [0.1, 0.15) is 0 Å². The summed E-state index contributed by atoms with van der Waals surface area (Å²) in [7, 11) is 0. The predicted octanol–water partition coefficient (Wildman–Crippen LogP) is 4.00. The normalized spacial score (nSPS) is 12.8. The number of aryl methyl sites for hydroxylation is 1. The Kier molecular flexibility index (Phi) is 4.44. The Balaban J connectivity index is 1.64. The van der Waals surface area contributed by atoms with Crippen molar-refractivity contribution in [2.75, 3.05) is 11.9 Å². The first-order chi connectivity index (χ1) is 13.7. The van der Waals surface area contributed by atoms with E-state index >= 15 is 0 Å². The van der Waals surface area contributed by atoms with Crippen molar-refractivity contribution in [3.05, 3.63) is 42.7 Å². The number of nitrogens with zero attached hydrogens (tertiary/aromatic N) is 6. The third kappa shape index (κ3) is 3.39. The van der Waals surface area contributed by atoms with Gasteiger partial charge in [0, 0.05) is 42.0 Å². The molecule has 0 aliphatic carbocycles. The highest BCUT2D eigenvalue weighted by molar-refractivity contribution is 5.79. The summed E-state index contributed by atoms with van der Waals surface area (Å²) in [6.45, 7) is 4.00. The Morgan fingerprint density at radius 2 is 1.83 bits per heavy atom. The minimum Gasteiger partial charge on any atom is -0.352 e. The SMILES string of the molecule is CCc1cnc2ncc(-c3ccn4nc(NCC(C)(C)C(F)(F)F)ncc34)cn12. The molecule has 0 unspecified atom stereocenters. The van der Waals surface area contributed by atoms with Crippen LogP contribution in [-0.4, -0.2) is 41.7 Å². The molecule has 0 fully saturated rings. The maximum atomic E-state index is 13.0. The van der Waals surface area contributed by atoms with Gasteiger partial charge in [-0.3, -0.25) is 4.40 Å². The van der Waals surface area contributed by atoms with E-state index in [1.165, 1.54) is 0 Å². The van der Waals surface area contributed by atoms with Crippen LogP contribution in [0.3, 0.4) is 0 Å². The van der Waals surface area contributed by atoms with Crippen molar-refractivity contribution >= 4 is 17.2 Å². The second kappa shape index (κ2) is 6.71. The zero-order valence-corrected chi connectivity index (χ0v) is 16.2. The first kappa shape index (κ1) is 19.2. The summed E-state index contributed by atoms with van der Waals surface area (Å²) < 4.78 is 42.6. The van der Waals surface area contributed by atoms with Crippen LogP contribution in [0.2, 0.25) is 0 Å². The summed E-state index contributed by atoms with van der Waals surface area (Å²) >= 11 is 0. The maximum absolute atomic E-state index is 13.0. The summed E-state index contributed by atoms with van der Waals surface area (Å²) in [4.78, 5) is 12.9. The molecule has 4 aromatic rings. The van der Waals surface area contributed by atoms with Gasteiger partial charge in [0.15, 0.2) is 0 Å². The number of hydrogen-bond donors (Lipinski definition) is 1. The van der Waals surface area contributed by atoms with Crippen molar-refractivity contribution in [1.82, 2.24) is 29.0 Å². The van der Waals surface area contributed by atoms with E-state index in [0.717, 1.165) is 42.6 Å². The standard InChI is InChI=1S/C19H20F3N7/c1-4-13-8-25-17-24-7-12(10-28(13)17)14-5-6-29-15(14)9-23-16(27-29)26-11-18(2,3)19(20,21)22/h5-10H,4,11H2,1-3H3,(H,26,27). The lowest BCUT2D eigenvalue weighted by molar-refractivity contribution is -0.206. The van der Waals surface area contributed by atoms with Crippen LogP contribution in [0.1, 0.15) is 26.5 Å². The van der Waals surface area contributed by atoms with Gasteiger partial charge in [-0.05, 0) is 26.3 Å². The molecule has 0 saturated carbocycles. The molecule has 4 rings (SSSR count). The molecule has 0 aliphatic rings. The summed E-state index contributed by atoms with van der Waals surface area (Å²) in [5, 5.41) is 6.96. The molecule has 4 heterocycles. The average molecular weight is 403 g/mol. The van der Waals surface area contributed by atoms with Crippen molar-refractivity contribution in [1.29, 1.82) is 0 Å². The molecule has 0 spiro atoms. The quantitative estimate of drug-likeness (QED) is 0.545. The van der Waals surface area contributed by atoms with Crippen LogP contribution in [0.25, 0.3) is 22.4 Å². The van der Waals surface area contributed by atoms with Crippen molar-refractivity contribution < 1.29 is 13.2 Å². The van der Waals surface area contributed by atoms with E-state index in [-0.39, 0.29) is 12.5 Å². The van der Waals surface area contributed by atoms with E-state index in [1.54, 1.807) is 29.3 Å². The van der Waals surface area contributed by atoms with Crippen LogP contribution in [0.15, 0.2) is 37.1 Å². The van der Waals surface area contributed by atoms with Crippen molar-refractivity contribution in [3.8, 4) is 11.1 Å². The van der Waals surface area contributed by atoms with Gasteiger partial charge in [0.2, 0.25) is 11.7 Å². The summed E-state index contributed by atoms with van der Waals surface area (Å²) in [5.41, 5.74) is 1.63. The molecule has 0 atom stereocenters. The second-order valence-corrected chi connectivity index (χ2v) is 7.49. The average Bonchev–Trinajstić information content (AvgIpc) is 3.28. The fourth-order valence-electron chi connectivity index (χ4n) is 2.95. The van der Waals surface area contributed by atoms with Gasteiger partial charge < -0.3 is 5.32 Å². The topological polar surface area (TPSA) is 72.4 Å². The molecule has 10 heteroatoms. The molecule has 0 amide bonds. The first-order valence-corrected chi connectivity index (χ1v) is 9.17. The molecule has 0 saturated heterocycles. The Morgan fingerprint density at radius 3 is 2.55 bits per heavy atom. The highest BCUT2D eigenvalue weighted by Crippen LogP contribution is 2.37. The number of halogens is 3. The van der Waals surface area contributed by atoms with Crippen LogP contribution in [-0.2, 0) is 6.42 Å². The zero-order valence-electron chi connectivity index (χ0n) is 16.2. The summed E-state index contributed by atoms with van der Waals surface area (Å²) in [6.07, 6.45) is 5.33. The third-order valence-electron chi connectivity index (χ3n) is 4.99. The van der Waals surface area contributed by atoms with Crippen molar-refractivity contribution in [3.63, 3.8) is 0 Å². The number of alkyl halides is 3. The van der Waals surface area contributed by atoms with Gasteiger partial charge in [-0.1, -0.05) is 6.92 Å². The zero-order chi connectivity index (χ0) is 20.8. The fraction of sp³-hybridized carbons (Fsp3) is 0.368. The number of anilines is 1. The number of imidazole rings is 1. The number of fused-ring (bicyclic) bond motifs is 2. The smallest absolute Gasteiger partial charge is 0.352 e. The van der Waals surface area contributed by atoms with E-state index in [0.29, 0.717) is 5.78 Å². The minimum atomic E-state index is -4.32. The Labute approximate surface area is 164 Å². The molecule has 1 N–H and O–H groups in total. The Morgan fingerprint density at radius 1 is 1.07 bits per heavy atom. The number of nitrogens with one attached hydrogen (secondary N) is 1. The van der Waals surface area contributed by atoms with Gasteiger partial charge in [-0.25, -0.2) is 19.5 Å². The third-order valence-corrected chi connectivity index (χ3v) is 4.99. The number of hydrogen-bond acceptors (Lipinski definition) is 5. The first-order valence-electron chi connectivity index (χ1n) is 9.17. The largest absolute Gasteiger partial charge is 0.395 e. The lowest BCUT2D eigenvalue weighted by Gasteiger charge is -2.27. The van der Waals surface area contributed by atoms with Crippen LogP contribution in [0, 0.1) is 5.41 Å².